The summed E-state index contributed by atoms with van der Waals surface area (Å²) >= 11 is 1.63. The lowest BCUT2D eigenvalue weighted by molar-refractivity contribution is -0.122. The second-order valence-corrected chi connectivity index (χ2v) is 7.08. The standard InChI is InChI=1S/C21H17FN4OS/c22-20-3-1-16(2-4-20)19-11-25-26(12-19)13-21(27)24-9-15-7-18(10-23-8-15)17-5-6-28-14-17/h1-8,10-12,14H,9,13H2,(H,24,27). The second-order valence-electron chi connectivity index (χ2n) is 6.30. The molecule has 4 rings (SSSR count). The molecule has 0 atom stereocenters. The summed E-state index contributed by atoms with van der Waals surface area (Å²) in [7, 11) is 0. The summed E-state index contributed by atoms with van der Waals surface area (Å²) < 4.78 is 14.6. The number of hydrogen-bond acceptors (Lipinski definition) is 4. The van der Waals surface area contributed by atoms with E-state index in [1.54, 1.807) is 46.7 Å². The fourth-order valence-electron chi connectivity index (χ4n) is 2.82. The van der Waals surface area contributed by atoms with Crippen LogP contribution >= 0.6 is 11.3 Å². The van der Waals surface area contributed by atoms with Crippen molar-refractivity contribution in [2.45, 2.75) is 13.1 Å². The van der Waals surface area contributed by atoms with Crippen molar-refractivity contribution in [1.82, 2.24) is 20.1 Å². The molecule has 1 aromatic carbocycles. The molecule has 0 radical (unpaired) electrons. The molecule has 1 amide bonds. The van der Waals surface area contributed by atoms with Crippen molar-refractivity contribution in [3.8, 4) is 22.3 Å². The third kappa shape index (κ3) is 4.32. The van der Waals surface area contributed by atoms with Crippen molar-refractivity contribution in [2.24, 2.45) is 0 Å². The van der Waals surface area contributed by atoms with Crippen LogP contribution in [0.3, 0.4) is 0 Å². The Morgan fingerprint density at radius 2 is 1.89 bits per heavy atom. The van der Waals surface area contributed by atoms with Crippen molar-refractivity contribution in [3.63, 3.8) is 0 Å². The van der Waals surface area contributed by atoms with Crippen LogP contribution in [0.5, 0.6) is 0 Å². The Morgan fingerprint density at radius 3 is 2.68 bits per heavy atom. The topological polar surface area (TPSA) is 59.8 Å². The maximum absolute atomic E-state index is 13.0. The highest BCUT2D eigenvalue weighted by Crippen LogP contribution is 2.22. The molecule has 0 unspecified atom stereocenters. The maximum Gasteiger partial charge on any atom is 0.241 e. The molecule has 3 heterocycles. The van der Waals surface area contributed by atoms with Crippen LogP contribution in [0.25, 0.3) is 22.3 Å². The van der Waals surface area contributed by atoms with Crippen LogP contribution in [0, 0.1) is 5.82 Å². The first-order valence-corrected chi connectivity index (χ1v) is 9.63. The highest BCUT2D eigenvalue weighted by molar-refractivity contribution is 7.08. The summed E-state index contributed by atoms with van der Waals surface area (Å²) in [6.45, 7) is 0.509. The molecule has 5 nitrogen and oxygen atoms in total. The molecule has 140 valence electrons. The van der Waals surface area contributed by atoms with Gasteiger partial charge in [-0.3, -0.25) is 14.5 Å². The molecule has 0 saturated heterocycles. The number of carbonyl (C=O) groups excluding carboxylic acids is 1. The lowest BCUT2D eigenvalue weighted by Crippen LogP contribution is -2.27. The average Bonchev–Trinajstić information content (AvgIpc) is 3.40. The number of hydrogen-bond donors (Lipinski definition) is 1. The van der Waals surface area contributed by atoms with Gasteiger partial charge in [-0.25, -0.2) is 4.39 Å². The number of halogens is 1. The second kappa shape index (κ2) is 8.14. The van der Waals surface area contributed by atoms with Crippen molar-refractivity contribution in [2.75, 3.05) is 0 Å². The lowest BCUT2D eigenvalue weighted by Gasteiger charge is -2.07. The van der Waals surface area contributed by atoms with E-state index in [0.29, 0.717) is 6.54 Å². The average molecular weight is 392 g/mol. The molecule has 0 bridgehead atoms. The van der Waals surface area contributed by atoms with Gasteiger partial charge in [-0.05, 0) is 51.7 Å². The number of carbonyl (C=O) groups is 1. The van der Waals surface area contributed by atoms with E-state index in [0.717, 1.165) is 27.8 Å². The number of nitrogens with one attached hydrogen (secondary N) is 1. The van der Waals surface area contributed by atoms with E-state index in [-0.39, 0.29) is 18.3 Å². The normalized spacial score (nSPS) is 10.8. The van der Waals surface area contributed by atoms with E-state index in [4.69, 9.17) is 0 Å². The van der Waals surface area contributed by atoms with Crippen LogP contribution in [-0.4, -0.2) is 20.7 Å². The van der Waals surface area contributed by atoms with E-state index in [2.05, 4.69) is 20.8 Å². The Kier molecular flexibility index (Phi) is 5.25. The Hall–Kier alpha value is -3.32. The summed E-state index contributed by atoms with van der Waals surface area (Å²) in [6.07, 6.45) is 6.99. The number of benzene rings is 1. The predicted molar refractivity (Wildman–Crippen MR) is 107 cm³/mol. The molecule has 28 heavy (non-hydrogen) atoms. The van der Waals surface area contributed by atoms with Gasteiger partial charge in [-0.1, -0.05) is 12.1 Å². The molecule has 4 aromatic rings. The van der Waals surface area contributed by atoms with Gasteiger partial charge in [-0.15, -0.1) is 0 Å². The zero-order chi connectivity index (χ0) is 19.3. The van der Waals surface area contributed by atoms with E-state index in [9.17, 15) is 9.18 Å². The molecule has 0 saturated carbocycles. The van der Waals surface area contributed by atoms with E-state index in [1.807, 2.05) is 23.7 Å². The SMILES string of the molecule is O=C(Cn1cc(-c2ccc(F)cc2)cn1)NCc1cncc(-c2ccsc2)c1. The van der Waals surface area contributed by atoms with Gasteiger partial charge < -0.3 is 5.32 Å². The monoisotopic (exact) mass is 392 g/mol. The smallest absolute Gasteiger partial charge is 0.241 e. The third-order valence-corrected chi connectivity index (χ3v) is 4.94. The van der Waals surface area contributed by atoms with Crippen LogP contribution in [0.1, 0.15) is 5.56 Å². The maximum atomic E-state index is 13.0. The quantitative estimate of drug-likeness (QED) is 0.537. The molecular formula is C21H17FN4OS. The Labute approximate surface area is 165 Å². The Balaban J connectivity index is 1.35. The zero-order valence-corrected chi connectivity index (χ0v) is 15.7. The van der Waals surface area contributed by atoms with Crippen LogP contribution in [0.15, 0.2) is 71.9 Å². The highest BCUT2D eigenvalue weighted by atomic mass is 32.1. The highest BCUT2D eigenvalue weighted by Gasteiger charge is 2.07. The largest absolute Gasteiger partial charge is 0.350 e. The van der Waals surface area contributed by atoms with Gasteiger partial charge in [0.1, 0.15) is 12.4 Å². The van der Waals surface area contributed by atoms with Crippen LogP contribution in [-0.2, 0) is 17.9 Å². The number of aromatic nitrogens is 3. The molecule has 0 spiro atoms. The van der Waals surface area contributed by atoms with Gasteiger partial charge in [0.2, 0.25) is 5.91 Å². The summed E-state index contributed by atoms with van der Waals surface area (Å²) in [5.41, 5.74) is 4.77. The van der Waals surface area contributed by atoms with E-state index >= 15 is 0 Å². The molecule has 1 N–H and O–H groups in total. The van der Waals surface area contributed by atoms with Crippen molar-refractivity contribution in [1.29, 1.82) is 0 Å². The molecule has 0 aliphatic rings. The summed E-state index contributed by atoms with van der Waals surface area (Å²) in [5, 5.41) is 11.2. The molecule has 0 fully saturated rings. The van der Waals surface area contributed by atoms with Crippen LogP contribution < -0.4 is 5.32 Å². The van der Waals surface area contributed by atoms with Gasteiger partial charge in [0.25, 0.3) is 0 Å². The number of rotatable bonds is 6. The molecular weight excluding hydrogens is 375 g/mol. The van der Waals surface area contributed by atoms with Crippen molar-refractivity contribution < 1.29 is 9.18 Å². The molecule has 7 heteroatoms. The minimum Gasteiger partial charge on any atom is -0.350 e. The molecule has 3 aromatic heterocycles. The first kappa shape index (κ1) is 18.1. The zero-order valence-electron chi connectivity index (χ0n) is 14.9. The predicted octanol–water partition coefficient (Wildman–Crippen LogP) is 4.13. The Bertz CT molecular complexity index is 1070. The van der Waals surface area contributed by atoms with Gasteiger partial charge in [0.05, 0.1) is 6.20 Å². The lowest BCUT2D eigenvalue weighted by atomic mass is 10.1. The third-order valence-electron chi connectivity index (χ3n) is 4.26. The van der Waals surface area contributed by atoms with Gasteiger partial charge in [0.15, 0.2) is 0 Å². The molecule has 0 aliphatic carbocycles. The summed E-state index contributed by atoms with van der Waals surface area (Å²) in [4.78, 5) is 16.5. The first-order valence-electron chi connectivity index (χ1n) is 8.69. The fourth-order valence-corrected chi connectivity index (χ4v) is 3.48. The number of amides is 1. The van der Waals surface area contributed by atoms with Gasteiger partial charge in [-0.2, -0.15) is 16.4 Å². The van der Waals surface area contributed by atoms with Crippen molar-refractivity contribution in [3.05, 3.63) is 83.3 Å². The van der Waals surface area contributed by atoms with Crippen molar-refractivity contribution >= 4 is 17.2 Å². The minimum absolute atomic E-state index is 0.110. The minimum atomic E-state index is -0.284. The Morgan fingerprint density at radius 1 is 1.04 bits per heavy atom. The number of nitrogens with zero attached hydrogens (tertiary/aromatic N) is 3. The van der Waals surface area contributed by atoms with Crippen LogP contribution in [0.4, 0.5) is 4.39 Å². The fraction of sp³-hybridized carbons (Fsp3) is 0.0952. The van der Waals surface area contributed by atoms with E-state index < -0.39 is 0 Å². The van der Waals surface area contributed by atoms with E-state index in [1.165, 1.54) is 12.1 Å². The van der Waals surface area contributed by atoms with Gasteiger partial charge in [0, 0.05) is 36.3 Å². The number of pyridine rings is 1. The first-order chi connectivity index (χ1) is 13.7. The number of thiophene rings is 1. The van der Waals surface area contributed by atoms with Gasteiger partial charge >= 0.3 is 0 Å². The summed E-state index contributed by atoms with van der Waals surface area (Å²) in [5.74, 6) is -0.428. The molecule has 0 aliphatic heterocycles. The van der Waals surface area contributed by atoms with Crippen LogP contribution in [0.2, 0.25) is 0 Å². The summed E-state index contributed by atoms with van der Waals surface area (Å²) in [6, 6.07) is 10.2.